The van der Waals surface area contributed by atoms with Gasteiger partial charge < -0.3 is 15.5 Å². The average molecular weight is 251 g/mol. The van der Waals surface area contributed by atoms with Crippen LogP contribution in [0.5, 0.6) is 0 Å². The van der Waals surface area contributed by atoms with Crippen molar-refractivity contribution in [3.63, 3.8) is 0 Å². The maximum Gasteiger partial charge on any atom is 0.236 e. The topological polar surface area (TPSA) is 49.6 Å². The number of hydrogen-bond donors (Lipinski definition) is 1. The highest BCUT2D eigenvalue weighted by molar-refractivity contribution is 5.78. The Hall–Kier alpha value is -1.62. The molecule has 18 heavy (non-hydrogen) atoms. The summed E-state index contributed by atoms with van der Waals surface area (Å²) >= 11 is 0. The average Bonchev–Trinajstić information content (AvgIpc) is 2.41. The van der Waals surface area contributed by atoms with Crippen molar-refractivity contribution >= 4 is 11.6 Å². The lowest BCUT2D eigenvalue weighted by Gasteiger charge is -2.36. The number of nitrogens with two attached hydrogens (primary N) is 1. The van der Waals surface area contributed by atoms with Gasteiger partial charge in [-0.2, -0.15) is 0 Å². The molecule has 0 aromatic heterocycles. The number of anilines is 1. The minimum atomic E-state index is -0.185. The summed E-state index contributed by atoms with van der Waals surface area (Å²) in [6.45, 7) is 4.69. The summed E-state index contributed by atoms with van der Waals surface area (Å²) in [6.07, 6.45) is 0. The van der Waals surface area contributed by atoms with Gasteiger partial charge >= 0.3 is 0 Å². The van der Waals surface area contributed by atoms with Gasteiger partial charge in [-0.25, -0.2) is 4.39 Å². The quantitative estimate of drug-likeness (QED) is 0.843. The zero-order valence-electron chi connectivity index (χ0n) is 10.5. The molecule has 0 aliphatic carbocycles. The van der Waals surface area contributed by atoms with Crippen molar-refractivity contribution in [3.05, 3.63) is 29.6 Å². The van der Waals surface area contributed by atoms with Crippen molar-refractivity contribution in [2.75, 3.05) is 37.6 Å². The minimum absolute atomic E-state index is 0.00932. The van der Waals surface area contributed by atoms with E-state index in [1.165, 1.54) is 6.07 Å². The molecule has 5 heteroatoms. The maximum absolute atomic E-state index is 13.2. The number of carbonyl (C=O) groups is 1. The molecule has 1 aliphatic rings. The molecule has 0 atom stereocenters. The van der Waals surface area contributed by atoms with E-state index in [0.29, 0.717) is 18.7 Å². The Morgan fingerprint density at radius 2 is 2.00 bits per heavy atom. The highest BCUT2D eigenvalue weighted by atomic mass is 19.1. The van der Waals surface area contributed by atoms with Crippen LogP contribution in [0.15, 0.2) is 18.2 Å². The second kappa shape index (κ2) is 5.35. The summed E-state index contributed by atoms with van der Waals surface area (Å²) in [4.78, 5) is 15.4. The highest BCUT2D eigenvalue weighted by Gasteiger charge is 2.20. The summed E-state index contributed by atoms with van der Waals surface area (Å²) in [5, 5.41) is 0. The molecule has 2 N–H and O–H groups in total. The van der Waals surface area contributed by atoms with Gasteiger partial charge in [0.2, 0.25) is 5.91 Å². The first-order chi connectivity index (χ1) is 8.61. The second-order valence-electron chi connectivity index (χ2n) is 4.51. The Kier molecular flexibility index (Phi) is 3.81. The van der Waals surface area contributed by atoms with Crippen LogP contribution in [-0.4, -0.2) is 43.5 Å². The fraction of sp³-hybridized carbons (Fsp3) is 0.462. The summed E-state index contributed by atoms with van der Waals surface area (Å²) in [7, 11) is 0. The number of piperazine rings is 1. The third-order valence-corrected chi connectivity index (χ3v) is 3.31. The molecule has 1 heterocycles. The standard InChI is InChI=1S/C13H18FN3O/c1-10-8-11(2-3-12(10)14)16-4-6-17(7-5-16)13(18)9-15/h2-3,8H,4-7,9,15H2,1H3. The number of aryl methyl sites for hydroxylation is 1. The fourth-order valence-corrected chi connectivity index (χ4v) is 2.17. The van der Waals surface area contributed by atoms with Crippen LogP contribution in [0.2, 0.25) is 0 Å². The number of nitrogens with zero attached hydrogens (tertiary/aromatic N) is 2. The summed E-state index contributed by atoms with van der Waals surface area (Å²) in [5.74, 6) is -0.194. The fourth-order valence-electron chi connectivity index (χ4n) is 2.17. The van der Waals surface area contributed by atoms with Crippen molar-refractivity contribution < 1.29 is 9.18 Å². The van der Waals surface area contributed by atoms with Crippen LogP contribution in [0, 0.1) is 12.7 Å². The Labute approximate surface area is 106 Å². The summed E-state index contributed by atoms with van der Waals surface area (Å²) < 4.78 is 13.2. The number of halogens is 1. The van der Waals surface area contributed by atoms with E-state index >= 15 is 0 Å². The molecule has 0 radical (unpaired) electrons. The first kappa shape index (κ1) is 12.8. The van der Waals surface area contributed by atoms with Gasteiger partial charge in [0.25, 0.3) is 0 Å². The van der Waals surface area contributed by atoms with Crippen molar-refractivity contribution in [2.24, 2.45) is 5.73 Å². The van der Waals surface area contributed by atoms with Gasteiger partial charge in [-0.15, -0.1) is 0 Å². The van der Waals surface area contributed by atoms with Gasteiger partial charge in [0.1, 0.15) is 5.82 Å². The summed E-state index contributed by atoms with van der Waals surface area (Å²) in [6, 6.07) is 5.11. The number of hydrogen-bond acceptors (Lipinski definition) is 3. The predicted molar refractivity (Wildman–Crippen MR) is 69.0 cm³/mol. The molecule has 1 aromatic rings. The van der Waals surface area contributed by atoms with Crippen molar-refractivity contribution in [3.8, 4) is 0 Å². The lowest BCUT2D eigenvalue weighted by Crippen LogP contribution is -2.50. The van der Waals surface area contributed by atoms with Gasteiger partial charge in [-0.1, -0.05) is 0 Å². The monoisotopic (exact) mass is 251 g/mol. The zero-order chi connectivity index (χ0) is 13.1. The lowest BCUT2D eigenvalue weighted by molar-refractivity contribution is -0.129. The van der Waals surface area contributed by atoms with Crippen LogP contribution in [-0.2, 0) is 4.79 Å². The number of carbonyl (C=O) groups excluding carboxylic acids is 1. The van der Waals surface area contributed by atoms with Gasteiger partial charge in [-0.3, -0.25) is 4.79 Å². The molecule has 1 saturated heterocycles. The van der Waals surface area contributed by atoms with Crippen LogP contribution in [0.25, 0.3) is 0 Å². The molecule has 1 fully saturated rings. The van der Waals surface area contributed by atoms with Gasteiger partial charge in [0.15, 0.2) is 0 Å². The molecule has 0 saturated carbocycles. The van der Waals surface area contributed by atoms with E-state index in [4.69, 9.17) is 5.73 Å². The lowest BCUT2D eigenvalue weighted by atomic mass is 10.2. The molecule has 98 valence electrons. The third-order valence-electron chi connectivity index (χ3n) is 3.31. The molecular formula is C13H18FN3O. The Morgan fingerprint density at radius 3 is 2.56 bits per heavy atom. The Morgan fingerprint density at radius 1 is 1.33 bits per heavy atom. The van der Waals surface area contributed by atoms with Crippen molar-refractivity contribution in [1.82, 2.24) is 4.90 Å². The first-order valence-corrected chi connectivity index (χ1v) is 6.11. The Bertz CT molecular complexity index is 442. The maximum atomic E-state index is 13.2. The van der Waals surface area contributed by atoms with Crippen LogP contribution in [0.1, 0.15) is 5.56 Å². The van der Waals surface area contributed by atoms with E-state index in [-0.39, 0.29) is 18.3 Å². The second-order valence-corrected chi connectivity index (χ2v) is 4.51. The molecule has 4 nitrogen and oxygen atoms in total. The van der Waals surface area contributed by atoms with E-state index in [1.807, 2.05) is 6.07 Å². The van der Waals surface area contributed by atoms with E-state index in [0.717, 1.165) is 18.8 Å². The smallest absolute Gasteiger partial charge is 0.236 e. The molecule has 1 amide bonds. The van der Waals surface area contributed by atoms with Crippen molar-refractivity contribution in [1.29, 1.82) is 0 Å². The van der Waals surface area contributed by atoms with E-state index in [9.17, 15) is 9.18 Å². The molecular weight excluding hydrogens is 233 g/mol. The van der Waals surface area contributed by atoms with E-state index in [2.05, 4.69) is 4.90 Å². The first-order valence-electron chi connectivity index (χ1n) is 6.11. The molecule has 2 rings (SSSR count). The largest absolute Gasteiger partial charge is 0.368 e. The number of amides is 1. The molecule has 0 bridgehead atoms. The molecule has 0 spiro atoms. The van der Waals surface area contributed by atoms with E-state index in [1.54, 1.807) is 17.9 Å². The van der Waals surface area contributed by atoms with E-state index < -0.39 is 0 Å². The minimum Gasteiger partial charge on any atom is -0.368 e. The molecule has 0 unspecified atom stereocenters. The zero-order valence-corrected chi connectivity index (χ0v) is 10.5. The van der Waals surface area contributed by atoms with Crippen molar-refractivity contribution in [2.45, 2.75) is 6.92 Å². The SMILES string of the molecule is Cc1cc(N2CCN(C(=O)CN)CC2)ccc1F. The number of rotatable bonds is 2. The molecule has 1 aliphatic heterocycles. The third kappa shape index (κ3) is 2.61. The Balaban J connectivity index is 2.01. The predicted octanol–water partition coefficient (Wildman–Crippen LogP) is 0.741. The molecule has 1 aromatic carbocycles. The van der Waals surface area contributed by atoms with Gasteiger partial charge in [0, 0.05) is 31.9 Å². The van der Waals surface area contributed by atoms with Crippen LogP contribution in [0.3, 0.4) is 0 Å². The van der Waals surface area contributed by atoms with Crippen LogP contribution in [0.4, 0.5) is 10.1 Å². The van der Waals surface area contributed by atoms with Crippen LogP contribution >= 0.6 is 0 Å². The van der Waals surface area contributed by atoms with Gasteiger partial charge in [0.05, 0.1) is 6.54 Å². The summed E-state index contributed by atoms with van der Waals surface area (Å²) in [5.41, 5.74) is 6.99. The highest BCUT2D eigenvalue weighted by Crippen LogP contribution is 2.19. The van der Waals surface area contributed by atoms with Gasteiger partial charge in [-0.05, 0) is 30.7 Å². The number of benzene rings is 1. The normalized spacial score (nSPS) is 15.9. The van der Waals surface area contributed by atoms with Crippen LogP contribution < -0.4 is 10.6 Å².